The number of hydrogen-bond acceptors (Lipinski definition) is 5. The second kappa shape index (κ2) is 7.33. The predicted octanol–water partition coefficient (Wildman–Crippen LogP) is 4.54. The van der Waals surface area contributed by atoms with Crippen LogP contribution < -0.4 is 5.32 Å². The molecule has 1 amide bonds. The highest BCUT2D eigenvalue weighted by atomic mass is 35.5. The zero-order valence-electron chi connectivity index (χ0n) is 15.2. The van der Waals surface area contributed by atoms with Crippen LogP contribution in [0, 0.1) is 17.0 Å². The fraction of sp³-hybridized carbons (Fsp3) is 0.0500. The molecule has 8 nitrogen and oxygen atoms in total. The van der Waals surface area contributed by atoms with Crippen molar-refractivity contribution in [3.05, 3.63) is 86.9 Å². The number of nitro benzene ring substituents is 1. The van der Waals surface area contributed by atoms with Crippen LogP contribution >= 0.6 is 11.6 Å². The van der Waals surface area contributed by atoms with E-state index in [0.29, 0.717) is 27.3 Å². The summed E-state index contributed by atoms with van der Waals surface area (Å²) in [5.41, 5.74) is 3.72. The lowest BCUT2D eigenvalue weighted by Crippen LogP contribution is -2.12. The number of aryl methyl sites for hydroxylation is 1. The smallest absolute Gasteiger partial charge is 0.269 e. The summed E-state index contributed by atoms with van der Waals surface area (Å²) in [4.78, 5) is 24.2. The highest BCUT2D eigenvalue weighted by Gasteiger charge is 2.13. The van der Waals surface area contributed by atoms with Gasteiger partial charge < -0.3 is 5.32 Å². The van der Waals surface area contributed by atoms with Crippen molar-refractivity contribution in [2.24, 2.45) is 0 Å². The molecule has 1 heterocycles. The highest BCUT2D eigenvalue weighted by Crippen LogP contribution is 2.23. The molecule has 3 aromatic carbocycles. The van der Waals surface area contributed by atoms with E-state index in [1.165, 1.54) is 29.1 Å². The van der Waals surface area contributed by atoms with Crippen LogP contribution in [0.2, 0.25) is 5.02 Å². The second-order valence-corrected chi connectivity index (χ2v) is 6.82. The molecule has 0 atom stereocenters. The third-order valence-electron chi connectivity index (χ3n) is 4.37. The van der Waals surface area contributed by atoms with Crippen LogP contribution in [0.15, 0.2) is 60.7 Å². The van der Waals surface area contributed by atoms with E-state index in [1.54, 1.807) is 18.2 Å². The number of halogens is 1. The van der Waals surface area contributed by atoms with Crippen LogP contribution in [-0.4, -0.2) is 25.8 Å². The molecule has 0 aliphatic carbocycles. The number of amides is 1. The van der Waals surface area contributed by atoms with E-state index in [0.717, 1.165) is 11.3 Å². The summed E-state index contributed by atoms with van der Waals surface area (Å²) in [6.45, 7) is 1.85. The van der Waals surface area contributed by atoms with Crippen LogP contribution in [0.1, 0.15) is 15.9 Å². The lowest BCUT2D eigenvalue weighted by molar-refractivity contribution is -0.384. The summed E-state index contributed by atoms with van der Waals surface area (Å²) in [5.74, 6) is -0.368. The molecule has 29 heavy (non-hydrogen) atoms. The minimum atomic E-state index is -0.510. The molecule has 0 aliphatic rings. The van der Waals surface area contributed by atoms with Gasteiger partial charge in [-0.2, -0.15) is 4.80 Å². The maximum absolute atomic E-state index is 12.5. The summed E-state index contributed by atoms with van der Waals surface area (Å²) in [7, 11) is 0. The van der Waals surface area contributed by atoms with Crippen LogP contribution in [0.25, 0.3) is 16.7 Å². The van der Waals surface area contributed by atoms with Gasteiger partial charge in [0.1, 0.15) is 11.0 Å². The fourth-order valence-corrected chi connectivity index (χ4v) is 2.95. The molecule has 0 bridgehead atoms. The standard InChI is InChI=1S/C20H14ClN5O3/c1-12-10-18-19(24-25(23-18)15-8-4-14(21)5-9-15)11-17(12)22-20(27)13-2-6-16(7-3-13)26(28)29/h2-11H,1H3,(H,22,27). The number of benzene rings is 3. The summed E-state index contributed by atoms with van der Waals surface area (Å²) < 4.78 is 0. The Hall–Kier alpha value is -3.78. The van der Waals surface area contributed by atoms with E-state index in [1.807, 2.05) is 25.1 Å². The van der Waals surface area contributed by atoms with E-state index in [4.69, 9.17) is 11.6 Å². The van der Waals surface area contributed by atoms with Gasteiger partial charge in [0, 0.05) is 28.4 Å². The Kier molecular flexibility index (Phi) is 4.69. The van der Waals surface area contributed by atoms with Crippen molar-refractivity contribution < 1.29 is 9.72 Å². The number of carbonyl (C=O) groups is 1. The maximum atomic E-state index is 12.5. The molecule has 0 spiro atoms. The van der Waals surface area contributed by atoms with Crippen molar-refractivity contribution in [2.75, 3.05) is 5.32 Å². The Bertz CT molecular complexity index is 1230. The Labute approximate surface area is 169 Å². The average Bonchev–Trinajstić information content (AvgIpc) is 3.11. The maximum Gasteiger partial charge on any atom is 0.269 e. The number of nitrogens with one attached hydrogen (secondary N) is 1. The minimum absolute atomic E-state index is 0.0713. The summed E-state index contributed by atoms with van der Waals surface area (Å²) >= 11 is 5.92. The zero-order chi connectivity index (χ0) is 20.5. The number of anilines is 1. The first-order chi connectivity index (χ1) is 13.9. The van der Waals surface area contributed by atoms with Crippen LogP contribution in [0.4, 0.5) is 11.4 Å². The number of aromatic nitrogens is 3. The minimum Gasteiger partial charge on any atom is -0.322 e. The number of nitro groups is 1. The summed E-state index contributed by atoms with van der Waals surface area (Å²) in [6, 6.07) is 16.1. The number of fused-ring (bicyclic) bond motifs is 1. The van der Waals surface area contributed by atoms with Crippen molar-refractivity contribution in [3.63, 3.8) is 0 Å². The Morgan fingerprint density at radius 2 is 1.66 bits per heavy atom. The third kappa shape index (κ3) is 3.78. The van der Waals surface area contributed by atoms with Crippen LogP contribution in [0.3, 0.4) is 0 Å². The SMILES string of the molecule is Cc1cc2nn(-c3ccc(Cl)cc3)nc2cc1NC(=O)c1ccc([N+](=O)[O-])cc1. The molecule has 0 radical (unpaired) electrons. The second-order valence-electron chi connectivity index (χ2n) is 6.38. The van der Waals surface area contributed by atoms with E-state index in [-0.39, 0.29) is 11.6 Å². The van der Waals surface area contributed by atoms with E-state index < -0.39 is 4.92 Å². The third-order valence-corrected chi connectivity index (χ3v) is 4.62. The normalized spacial score (nSPS) is 10.8. The molecular weight excluding hydrogens is 394 g/mol. The molecule has 144 valence electrons. The van der Waals surface area contributed by atoms with Gasteiger partial charge in [-0.25, -0.2) is 0 Å². The number of hydrogen-bond donors (Lipinski definition) is 1. The van der Waals surface area contributed by atoms with Gasteiger partial charge in [0.2, 0.25) is 0 Å². The molecule has 1 aromatic heterocycles. The Balaban J connectivity index is 1.61. The Morgan fingerprint density at radius 3 is 2.28 bits per heavy atom. The average molecular weight is 408 g/mol. The molecule has 0 aliphatic heterocycles. The number of non-ortho nitro benzene ring substituents is 1. The van der Waals surface area contributed by atoms with Gasteiger partial charge in [-0.1, -0.05) is 11.6 Å². The Morgan fingerprint density at radius 1 is 1.03 bits per heavy atom. The first-order valence-corrected chi connectivity index (χ1v) is 8.98. The zero-order valence-corrected chi connectivity index (χ0v) is 15.9. The summed E-state index contributed by atoms with van der Waals surface area (Å²) in [6.07, 6.45) is 0. The van der Waals surface area contributed by atoms with E-state index >= 15 is 0 Å². The highest BCUT2D eigenvalue weighted by molar-refractivity contribution is 6.30. The first-order valence-electron chi connectivity index (χ1n) is 8.60. The molecule has 0 fully saturated rings. The van der Waals surface area contributed by atoms with Gasteiger partial charge in [-0.15, -0.1) is 10.2 Å². The number of carbonyl (C=O) groups excluding carboxylic acids is 1. The quantitative estimate of drug-likeness (QED) is 0.395. The van der Waals surface area contributed by atoms with Crippen LogP contribution in [0.5, 0.6) is 0 Å². The monoisotopic (exact) mass is 407 g/mol. The molecule has 0 unspecified atom stereocenters. The van der Waals surface area contributed by atoms with Crippen molar-refractivity contribution in [2.45, 2.75) is 6.92 Å². The lowest BCUT2D eigenvalue weighted by Gasteiger charge is -2.08. The van der Waals surface area contributed by atoms with Crippen molar-refractivity contribution in [1.82, 2.24) is 15.0 Å². The van der Waals surface area contributed by atoms with Gasteiger partial charge in [-0.3, -0.25) is 14.9 Å². The van der Waals surface area contributed by atoms with Gasteiger partial charge in [0.05, 0.1) is 10.6 Å². The van der Waals surface area contributed by atoms with Gasteiger partial charge in [0.25, 0.3) is 11.6 Å². The van der Waals surface area contributed by atoms with Crippen molar-refractivity contribution >= 4 is 39.9 Å². The lowest BCUT2D eigenvalue weighted by atomic mass is 10.1. The molecule has 0 saturated heterocycles. The predicted molar refractivity (Wildman–Crippen MR) is 110 cm³/mol. The van der Waals surface area contributed by atoms with Crippen LogP contribution in [-0.2, 0) is 0 Å². The molecule has 1 N–H and O–H groups in total. The van der Waals surface area contributed by atoms with Crippen molar-refractivity contribution in [3.8, 4) is 5.69 Å². The van der Waals surface area contributed by atoms with Gasteiger partial charge >= 0.3 is 0 Å². The van der Waals surface area contributed by atoms with E-state index in [9.17, 15) is 14.9 Å². The van der Waals surface area contributed by atoms with Gasteiger partial charge in [-0.05, 0) is 61.0 Å². The largest absolute Gasteiger partial charge is 0.322 e. The molecule has 9 heteroatoms. The van der Waals surface area contributed by atoms with Gasteiger partial charge in [0.15, 0.2) is 0 Å². The topological polar surface area (TPSA) is 103 Å². The first kappa shape index (κ1) is 18.6. The summed E-state index contributed by atoms with van der Waals surface area (Å²) in [5, 5.41) is 23.1. The number of rotatable bonds is 4. The van der Waals surface area contributed by atoms with E-state index in [2.05, 4.69) is 15.5 Å². The number of nitrogens with zero attached hydrogens (tertiary/aromatic N) is 4. The molecule has 4 rings (SSSR count). The molecule has 0 saturated carbocycles. The molecule has 4 aromatic rings. The van der Waals surface area contributed by atoms with Crippen molar-refractivity contribution in [1.29, 1.82) is 0 Å². The fourth-order valence-electron chi connectivity index (χ4n) is 2.82. The molecular formula is C20H14ClN5O3.